The van der Waals surface area contributed by atoms with Crippen molar-refractivity contribution in [2.75, 3.05) is 13.1 Å². The number of pyridine rings is 1. The Morgan fingerprint density at radius 3 is 2.75 bits per heavy atom. The molecule has 9 nitrogen and oxygen atoms in total. The second-order valence-corrected chi connectivity index (χ2v) is 8.09. The molecular weight excluding hydrogens is 410 g/mol. The zero-order valence-electron chi connectivity index (χ0n) is 18.2. The minimum atomic E-state index is -0.256. The second-order valence-electron chi connectivity index (χ2n) is 8.09. The molecule has 9 heteroatoms. The van der Waals surface area contributed by atoms with Gasteiger partial charge in [0, 0.05) is 37.0 Å². The third-order valence-corrected chi connectivity index (χ3v) is 5.40. The van der Waals surface area contributed by atoms with Crippen LogP contribution in [0.4, 0.5) is 0 Å². The van der Waals surface area contributed by atoms with E-state index in [9.17, 15) is 9.59 Å². The van der Waals surface area contributed by atoms with Crippen LogP contribution >= 0.6 is 0 Å². The highest BCUT2D eigenvalue weighted by Gasteiger charge is 2.26. The van der Waals surface area contributed by atoms with E-state index >= 15 is 0 Å². The van der Waals surface area contributed by atoms with Gasteiger partial charge in [-0.05, 0) is 51.0 Å². The van der Waals surface area contributed by atoms with Crippen molar-refractivity contribution in [2.45, 2.75) is 45.3 Å². The zero-order chi connectivity index (χ0) is 22.5. The molecule has 0 saturated carbocycles. The van der Waals surface area contributed by atoms with E-state index in [4.69, 9.17) is 9.15 Å². The molecule has 3 aromatic heterocycles. The summed E-state index contributed by atoms with van der Waals surface area (Å²) in [6.45, 7) is 5.44. The summed E-state index contributed by atoms with van der Waals surface area (Å²) in [4.78, 5) is 31.2. The lowest BCUT2D eigenvalue weighted by Gasteiger charge is -2.31. The van der Waals surface area contributed by atoms with Crippen molar-refractivity contribution in [3.05, 3.63) is 65.5 Å². The molecule has 32 heavy (non-hydrogen) atoms. The van der Waals surface area contributed by atoms with Gasteiger partial charge in [-0.15, -0.1) is 0 Å². The maximum atomic E-state index is 12.8. The van der Waals surface area contributed by atoms with Crippen molar-refractivity contribution in [1.82, 2.24) is 25.4 Å². The standard InChI is InChI=1S/C23H27N5O4/c1-15(2)32-21-6-5-17(13-24-21)23(30)28-9-7-16(8-10-28)19-12-20(27-26-19)22(29)25-14-18-4-3-11-31-18/h3-6,11-13,15-16H,7-10,14H2,1-2H3,(H,25,29)(H,26,27). The fraction of sp³-hybridized carbons (Fsp3) is 0.391. The van der Waals surface area contributed by atoms with E-state index in [1.165, 1.54) is 0 Å². The van der Waals surface area contributed by atoms with Crippen molar-refractivity contribution in [3.63, 3.8) is 0 Å². The minimum absolute atomic E-state index is 0.0327. The summed E-state index contributed by atoms with van der Waals surface area (Å²) < 4.78 is 10.7. The molecule has 2 N–H and O–H groups in total. The van der Waals surface area contributed by atoms with Crippen LogP contribution in [-0.4, -0.2) is 51.1 Å². The molecule has 0 aliphatic carbocycles. The van der Waals surface area contributed by atoms with Crippen molar-refractivity contribution < 1.29 is 18.7 Å². The van der Waals surface area contributed by atoms with Gasteiger partial charge in [0.25, 0.3) is 11.8 Å². The van der Waals surface area contributed by atoms with Crippen LogP contribution in [-0.2, 0) is 6.54 Å². The van der Waals surface area contributed by atoms with E-state index in [2.05, 4.69) is 20.5 Å². The number of carbonyl (C=O) groups is 2. The number of nitrogens with one attached hydrogen (secondary N) is 2. The predicted octanol–water partition coefficient (Wildman–Crippen LogP) is 3.13. The molecular formula is C23H27N5O4. The van der Waals surface area contributed by atoms with E-state index < -0.39 is 0 Å². The SMILES string of the molecule is CC(C)Oc1ccc(C(=O)N2CCC(c3cc(C(=O)NCc4ccco4)n[nH]3)CC2)cn1. The van der Waals surface area contributed by atoms with Crippen LogP contribution in [0, 0.1) is 0 Å². The highest BCUT2D eigenvalue weighted by atomic mass is 16.5. The zero-order valence-corrected chi connectivity index (χ0v) is 18.2. The number of hydrogen-bond donors (Lipinski definition) is 2. The molecule has 168 valence electrons. The van der Waals surface area contributed by atoms with Gasteiger partial charge in [0.15, 0.2) is 0 Å². The number of ether oxygens (including phenoxy) is 1. The number of rotatable bonds is 7. The Morgan fingerprint density at radius 1 is 1.28 bits per heavy atom. The monoisotopic (exact) mass is 437 g/mol. The quantitative estimate of drug-likeness (QED) is 0.587. The summed E-state index contributed by atoms with van der Waals surface area (Å²) in [7, 11) is 0. The van der Waals surface area contributed by atoms with Gasteiger partial charge in [-0.25, -0.2) is 4.98 Å². The average molecular weight is 438 g/mol. The molecule has 0 spiro atoms. The Labute approximate surface area is 186 Å². The minimum Gasteiger partial charge on any atom is -0.475 e. The predicted molar refractivity (Wildman–Crippen MR) is 116 cm³/mol. The van der Waals surface area contributed by atoms with Crippen LogP contribution in [0.15, 0.2) is 47.2 Å². The van der Waals surface area contributed by atoms with Gasteiger partial charge < -0.3 is 19.4 Å². The molecule has 0 unspecified atom stereocenters. The van der Waals surface area contributed by atoms with Crippen LogP contribution in [0.25, 0.3) is 0 Å². The number of furan rings is 1. The van der Waals surface area contributed by atoms with Crippen molar-refractivity contribution >= 4 is 11.8 Å². The molecule has 1 saturated heterocycles. The fourth-order valence-corrected chi connectivity index (χ4v) is 3.73. The number of aromatic nitrogens is 3. The van der Waals surface area contributed by atoms with Crippen LogP contribution in [0.5, 0.6) is 5.88 Å². The first kappa shape index (κ1) is 21.6. The smallest absolute Gasteiger partial charge is 0.272 e. The fourth-order valence-electron chi connectivity index (χ4n) is 3.73. The third kappa shape index (κ3) is 5.16. The summed E-state index contributed by atoms with van der Waals surface area (Å²) in [6.07, 6.45) is 4.76. The Balaban J connectivity index is 1.29. The van der Waals surface area contributed by atoms with Crippen LogP contribution < -0.4 is 10.1 Å². The molecule has 0 aromatic carbocycles. The number of H-pyrrole nitrogens is 1. The highest BCUT2D eigenvalue weighted by molar-refractivity contribution is 5.94. The molecule has 2 amide bonds. The van der Waals surface area contributed by atoms with E-state index in [1.807, 2.05) is 18.7 Å². The van der Waals surface area contributed by atoms with Crippen LogP contribution in [0.2, 0.25) is 0 Å². The summed E-state index contributed by atoms with van der Waals surface area (Å²) in [5.74, 6) is 1.13. The number of amides is 2. The Hall–Kier alpha value is -3.62. The molecule has 1 aliphatic rings. The van der Waals surface area contributed by atoms with E-state index in [-0.39, 0.29) is 23.8 Å². The summed E-state index contributed by atoms with van der Waals surface area (Å²) in [5.41, 5.74) is 1.81. The van der Waals surface area contributed by atoms with Gasteiger partial charge in [0.05, 0.1) is 24.5 Å². The number of hydrogen-bond acceptors (Lipinski definition) is 6. The largest absolute Gasteiger partial charge is 0.475 e. The molecule has 0 bridgehead atoms. The lowest BCUT2D eigenvalue weighted by atomic mass is 9.93. The van der Waals surface area contributed by atoms with E-state index in [1.54, 1.807) is 42.8 Å². The Morgan fingerprint density at radius 2 is 2.09 bits per heavy atom. The van der Waals surface area contributed by atoms with Gasteiger partial charge in [-0.1, -0.05) is 0 Å². The first-order chi connectivity index (χ1) is 15.5. The lowest BCUT2D eigenvalue weighted by molar-refractivity contribution is 0.0711. The second kappa shape index (κ2) is 9.67. The van der Waals surface area contributed by atoms with Gasteiger partial charge in [-0.2, -0.15) is 5.10 Å². The van der Waals surface area contributed by atoms with Crippen molar-refractivity contribution in [1.29, 1.82) is 0 Å². The number of piperidine rings is 1. The average Bonchev–Trinajstić information content (AvgIpc) is 3.50. The third-order valence-electron chi connectivity index (χ3n) is 5.40. The maximum absolute atomic E-state index is 12.8. The summed E-state index contributed by atoms with van der Waals surface area (Å²) in [5, 5.41) is 9.93. The maximum Gasteiger partial charge on any atom is 0.272 e. The van der Waals surface area contributed by atoms with E-state index in [0.717, 1.165) is 18.5 Å². The number of likely N-dealkylation sites (tertiary alicyclic amines) is 1. The van der Waals surface area contributed by atoms with Gasteiger partial charge in [-0.3, -0.25) is 14.7 Å². The highest BCUT2D eigenvalue weighted by Crippen LogP contribution is 2.28. The van der Waals surface area contributed by atoms with Crippen LogP contribution in [0.1, 0.15) is 64.9 Å². The van der Waals surface area contributed by atoms with Crippen molar-refractivity contribution in [3.8, 4) is 5.88 Å². The molecule has 1 aliphatic heterocycles. The Kier molecular flexibility index (Phi) is 6.53. The summed E-state index contributed by atoms with van der Waals surface area (Å²) in [6, 6.07) is 8.84. The van der Waals surface area contributed by atoms with E-state index in [0.29, 0.717) is 42.5 Å². The molecule has 3 aromatic rings. The van der Waals surface area contributed by atoms with Gasteiger partial charge >= 0.3 is 0 Å². The van der Waals surface area contributed by atoms with Gasteiger partial charge in [0.1, 0.15) is 11.5 Å². The van der Waals surface area contributed by atoms with Crippen LogP contribution in [0.3, 0.4) is 0 Å². The normalized spacial score (nSPS) is 14.5. The van der Waals surface area contributed by atoms with Crippen molar-refractivity contribution in [2.24, 2.45) is 0 Å². The molecule has 4 heterocycles. The summed E-state index contributed by atoms with van der Waals surface area (Å²) >= 11 is 0. The van der Waals surface area contributed by atoms with Gasteiger partial charge in [0.2, 0.25) is 5.88 Å². The molecule has 4 rings (SSSR count). The number of aromatic amines is 1. The first-order valence-corrected chi connectivity index (χ1v) is 10.8. The Bertz CT molecular complexity index is 1030. The molecule has 0 radical (unpaired) electrons. The lowest BCUT2D eigenvalue weighted by Crippen LogP contribution is -2.38. The molecule has 1 fully saturated rings. The number of nitrogens with zero attached hydrogens (tertiary/aromatic N) is 3. The number of carbonyl (C=O) groups excluding carboxylic acids is 2. The first-order valence-electron chi connectivity index (χ1n) is 10.8. The molecule has 0 atom stereocenters. The topological polar surface area (TPSA) is 113 Å².